The van der Waals surface area contributed by atoms with Crippen molar-refractivity contribution in [1.29, 1.82) is 0 Å². The maximum absolute atomic E-state index is 13.0. The van der Waals surface area contributed by atoms with Gasteiger partial charge in [0.25, 0.3) is 5.91 Å². The molecular formula is C22H27N3O5S. The molecular weight excluding hydrogens is 418 g/mol. The minimum atomic E-state index is -3.39. The fourth-order valence-electron chi connectivity index (χ4n) is 3.46. The molecule has 1 aliphatic rings. The maximum atomic E-state index is 13.0. The molecule has 0 saturated heterocycles. The number of fused-ring (bicyclic) bond motifs is 1. The third-order valence-electron chi connectivity index (χ3n) is 4.70. The van der Waals surface area contributed by atoms with Crippen LogP contribution in [0.1, 0.15) is 42.3 Å². The largest absolute Gasteiger partial charge is 0.442 e. The number of aryl methyl sites for hydroxylation is 1. The normalized spacial score (nSPS) is 13.7. The Morgan fingerprint density at radius 3 is 2.45 bits per heavy atom. The number of rotatable bonds is 4. The number of amides is 2. The van der Waals surface area contributed by atoms with Crippen LogP contribution in [0.2, 0.25) is 0 Å². The van der Waals surface area contributed by atoms with E-state index in [4.69, 9.17) is 4.74 Å². The van der Waals surface area contributed by atoms with Crippen molar-refractivity contribution in [2.24, 2.45) is 0 Å². The Morgan fingerprint density at radius 1 is 1.16 bits per heavy atom. The zero-order valence-electron chi connectivity index (χ0n) is 18.5. The molecule has 31 heavy (non-hydrogen) atoms. The number of benzene rings is 2. The molecule has 8 nitrogen and oxygen atoms in total. The Labute approximate surface area is 182 Å². The second kappa shape index (κ2) is 7.88. The minimum absolute atomic E-state index is 0.236. The lowest BCUT2D eigenvalue weighted by atomic mass is 9.96. The third kappa shape index (κ3) is 5.16. The molecule has 1 N–H and O–H groups in total. The minimum Gasteiger partial charge on any atom is -0.442 e. The molecule has 0 radical (unpaired) electrons. The van der Waals surface area contributed by atoms with Gasteiger partial charge in [0.2, 0.25) is 10.0 Å². The molecule has 2 aromatic rings. The maximum Gasteiger partial charge on any atom is 0.429 e. The van der Waals surface area contributed by atoms with Crippen LogP contribution in [0.25, 0.3) is 11.1 Å². The van der Waals surface area contributed by atoms with Crippen LogP contribution in [0.3, 0.4) is 0 Å². The van der Waals surface area contributed by atoms with Gasteiger partial charge in [-0.05, 0) is 68.1 Å². The van der Waals surface area contributed by atoms with Gasteiger partial charge >= 0.3 is 6.09 Å². The number of sulfonamides is 1. The summed E-state index contributed by atoms with van der Waals surface area (Å²) in [5.41, 5.74) is 3.57. The third-order valence-corrected chi connectivity index (χ3v) is 5.31. The van der Waals surface area contributed by atoms with Crippen LogP contribution in [-0.4, -0.2) is 49.3 Å². The number of nitrogens with zero attached hydrogens (tertiary/aromatic N) is 2. The van der Waals surface area contributed by atoms with Crippen molar-refractivity contribution in [1.82, 2.24) is 10.0 Å². The Kier molecular flexibility index (Phi) is 5.75. The number of carbonyl (C=O) groups excluding carboxylic acids is 2. The fraction of sp³-hybridized carbons (Fsp3) is 0.364. The van der Waals surface area contributed by atoms with Crippen molar-refractivity contribution in [3.05, 3.63) is 53.1 Å². The summed E-state index contributed by atoms with van der Waals surface area (Å²) in [5, 5.41) is 2.56. The van der Waals surface area contributed by atoms with Crippen molar-refractivity contribution in [3.63, 3.8) is 0 Å². The summed E-state index contributed by atoms with van der Waals surface area (Å²) in [6, 6.07) is 10.8. The van der Waals surface area contributed by atoms with Gasteiger partial charge in [-0.15, -0.1) is 0 Å². The van der Waals surface area contributed by atoms with Gasteiger partial charge in [-0.1, -0.05) is 18.2 Å². The molecule has 0 aromatic heterocycles. The number of hydrogen-bond donors (Lipinski definition) is 1. The van der Waals surface area contributed by atoms with Gasteiger partial charge in [0.1, 0.15) is 5.60 Å². The van der Waals surface area contributed by atoms with Crippen molar-refractivity contribution >= 4 is 27.7 Å². The first kappa shape index (κ1) is 22.6. The Hall–Kier alpha value is -3.07. The van der Waals surface area contributed by atoms with Gasteiger partial charge in [0.15, 0.2) is 0 Å². The van der Waals surface area contributed by atoms with Gasteiger partial charge < -0.3 is 4.74 Å². The van der Waals surface area contributed by atoms with E-state index in [9.17, 15) is 18.0 Å². The molecule has 0 aliphatic carbocycles. The molecule has 166 valence electrons. The second-order valence-corrected chi connectivity index (χ2v) is 10.4. The van der Waals surface area contributed by atoms with E-state index >= 15 is 0 Å². The Balaban J connectivity index is 1.91. The number of anilines is 1. The van der Waals surface area contributed by atoms with Gasteiger partial charge in [-0.25, -0.2) is 23.2 Å². The summed E-state index contributed by atoms with van der Waals surface area (Å²) < 4.78 is 30.9. The molecule has 1 heterocycles. The van der Waals surface area contributed by atoms with Crippen molar-refractivity contribution in [2.75, 3.05) is 18.0 Å². The van der Waals surface area contributed by atoms with E-state index in [1.807, 2.05) is 25.1 Å². The van der Waals surface area contributed by atoms with Crippen LogP contribution in [0.5, 0.6) is 0 Å². The average molecular weight is 446 g/mol. The van der Waals surface area contributed by atoms with E-state index in [0.29, 0.717) is 11.3 Å². The monoisotopic (exact) mass is 445 g/mol. The van der Waals surface area contributed by atoms with E-state index in [2.05, 4.69) is 4.72 Å². The van der Waals surface area contributed by atoms with Crippen molar-refractivity contribution < 1.29 is 22.7 Å². The zero-order chi connectivity index (χ0) is 23.1. The second-order valence-electron chi connectivity index (χ2n) is 8.65. The van der Waals surface area contributed by atoms with E-state index in [1.165, 1.54) is 17.1 Å². The molecule has 0 fully saturated rings. The molecule has 0 saturated carbocycles. The predicted molar refractivity (Wildman–Crippen MR) is 119 cm³/mol. The van der Waals surface area contributed by atoms with Crippen LogP contribution < -0.4 is 4.72 Å². The summed E-state index contributed by atoms with van der Waals surface area (Å²) in [5.74, 6) is -0.264. The predicted octanol–water partition coefficient (Wildman–Crippen LogP) is 3.77. The highest BCUT2D eigenvalue weighted by molar-refractivity contribution is 7.92. The highest BCUT2D eigenvalue weighted by Gasteiger charge is 2.35. The van der Waals surface area contributed by atoms with E-state index < -0.39 is 21.7 Å². The Morgan fingerprint density at radius 2 is 1.84 bits per heavy atom. The first-order valence-electron chi connectivity index (χ1n) is 9.75. The first-order chi connectivity index (χ1) is 14.2. The van der Waals surface area contributed by atoms with Crippen LogP contribution in [0.4, 0.5) is 10.5 Å². The number of hydrazine groups is 1. The van der Waals surface area contributed by atoms with Crippen molar-refractivity contribution in [3.8, 4) is 11.1 Å². The van der Waals surface area contributed by atoms with E-state index in [-0.39, 0.29) is 12.5 Å². The molecule has 1 aliphatic heterocycles. The van der Waals surface area contributed by atoms with Crippen molar-refractivity contribution in [2.45, 2.75) is 39.8 Å². The van der Waals surface area contributed by atoms with Crippen LogP contribution in [-0.2, 0) is 21.3 Å². The molecule has 0 spiro atoms. The fourth-order valence-corrected chi connectivity index (χ4v) is 4.02. The van der Waals surface area contributed by atoms with Gasteiger partial charge in [-0.3, -0.25) is 9.52 Å². The molecule has 9 heteroatoms. The molecule has 3 rings (SSSR count). The zero-order valence-corrected chi connectivity index (χ0v) is 19.3. The van der Waals surface area contributed by atoms with Crippen LogP contribution in [0.15, 0.2) is 36.4 Å². The SMILES string of the molecule is Cc1cc(-c2cccc(NS(C)(=O)=O)c2)cc2c1C(=O)N(N(C)C(=O)OC(C)(C)C)C2. The smallest absolute Gasteiger partial charge is 0.429 e. The Bertz CT molecular complexity index is 1150. The topological polar surface area (TPSA) is 96.0 Å². The molecule has 2 amide bonds. The average Bonchev–Trinajstić information content (AvgIpc) is 2.95. The van der Waals surface area contributed by atoms with Gasteiger partial charge in [-0.2, -0.15) is 0 Å². The summed E-state index contributed by atoms with van der Waals surface area (Å²) in [6.45, 7) is 7.38. The van der Waals surface area contributed by atoms with Crippen LogP contribution >= 0.6 is 0 Å². The standard InChI is InChI=1S/C22H27N3O5S/c1-14-10-16(15-8-7-9-18(12-15)23-31(6,28)29)11-17-13-25(20(26)19(14)17)24(5)21(27)30-22(2,3)4/h7-12,23H,13H2,1-6H3. The highest BCUT2D eigenvalue weighted by atomic mass is 32.2. The summed E-state index contributed by atoms with van der Waals surface area (Å²) in [7, 11) is -1.88. The first-order valence-corrected chi connectivity index (χ1v) is 11.6. The lowest BCUT2D eigenvalue weighted by Crippen LogP contribution is -2.46. The molecule has 0 unspecified atom stereocenters. The highest BCUT2D eigenvalue weighted by Crippen LogP contribution is 2.33. The quantitative estimate of drug-likeness (QED) is 0.773. The summed E-state index contributed by atoms with van der Waals surface area (Å²) in [4.78, 5) is 25.4. The summed E-state index contributed by atoms with van der Waals surface area (Å²) in [6.07, 6.45) is 0.492. The number of carbonyl (C=O) groups is 2. The molecule has 0 bridgehead atoms. The van der Waals surface area contributed by atoms with E-state index in [0.717, 1.165) is 28.5 Å². The number of hydrogen-bond acceptors (Lipinski definition) is 5. The lowest BCUT2D eigenvalue weighted by molar-refractivity contribution is -0.0275. The van der Waals surface area contributed by atoms with Gasteiger partial charge in [0.05, 0.1) is 12.8 Å². The van der Waals surface area contributed by atoms with Gasteiger partial charge in [0, 0.05) is 18.3 Å². The number of nitrogens with one attached hydrogen (secondary N) is 1. The lowest BCUT2D eigenvalue weighted by Gasteiger charge is -2.30. The summed E-state index contributed by atoms with van der Waals surface area (Å²) >= 11 is 0. The number of ether oxygens (including phenoxy) is 1. The molecule has 0 atom stereocenters. The van der Waals surface area contributed by atoms with Crippen LogP contribution in [0, 0.1) is 6.92 Å². The molecule has 2 aromatic carbocycles. The van der Waals surface area contributed by atoms with E-state index in [1.54, 1.807) is 39.0 Å².